The average molecular weight is 305 g/mol. The molecule has 0 saturated carbocycles. The van der Waals surface area contributed by atoms with E-state index in [2.05, 4.69) is 51.3 Å². The highest BCUT2D eigenvalue weighted by Crippen LogP contribution is 2.43. The summed E-state index contributed by atoms with van der Waals surface area (Å²) in [5, 5.41) is 2.21. The minimum absolute atomic E-state index is 1.39. The average Bonchev–Trinajstić information content (AvgIpc) is 2.98. The van der Waals surface area contributed by atoms with Crippen LogP contribution in [0.2, 0.25) is 0 Å². The van der Waals surface area contributed by atoms with Crippen LogP contribution < -0.4 is 0 Å². The topological polar surface area (TPSA) is 0 Å². The fraction of sp³-hybridized carbons (Fsp3) is 0.250. The van der Waals surface area contributed by atoms with Gasteiger partial charge in [0.25, 0.3) is 0 Å². The van der Waals surface area contributed by atoms with Crippen LogP contribution in [0, 0.1) is 27.7 Å². The maximum Gasteiger partial charge on any atom is 0.0432 e. The second-order valence-electron chi connectivity index (χ2n) is 4.82. The Morgan fingerprint density at radius 2 is 1.32 bits per heavy atom. The Kier molecular flexibility index (Phi) is 3.37. The zero-order chi connectivity index (χ0) is 13.6. The fourth-order valence-corrected chi connectivity index (χ4v) is 5.40. The maximum atomic E-state index is 2.32. The first kappa shape index (κ1) is 13.1. The van der Waals surface area contributed by atoms with Gasteiger partial charge < -0.3 is 0 Å². The molecule has 0 saturated heterocycles. The standard InChI is InChI=1S/C16H16S3/c1-9-7-14(11(3)18-9)13-5-6-17-16(13)15-8-10(2)19-12(15)4/h5-8H,1-4H3. The number of thiophene rings is 3. The van der Waals surface area contributed by atoms with Gasteiger partial charge in [0, 0.05) is 35.5 Å². The van der Waals surface area contributed by atoms with Crippen LogP contribution in [0.3, 0.4) is 0 Å². The molecule has 0 radical (unpaired) electrons. The van der Waals surface area contributed by atoms with Crippen molar-refractivity contribution in [1.82, 2.24) is 0 Å². The van der Waals surface area contributed by atoms with E-state index in [0.29, 0.717) is 0 Å². The molecule has 3 aromatic rings. The molecule has 0 spiro atoms. The van der Waals surface area contributed by atoms with Crippen molar-refractivity contribution in [2.24, 2.45) is 0 Å². The summed E-state index contributed by atoms with van der Waals surface area (Å²) in [5.74, 6) is 0. The molecular weight excluding hydrogens is 288 g/mol. The largest absolute Gasteiger partial charge is 0.145 e. The number of rotatable bonds is 2. The molecule has 3 rings (SSSR count). The van der Waals surface area contributed by atoms with Crippen LogP contribution in [-0.4, -0.2) is 0 Å². The lowest BCUT2D eigenvalue weighted by molar-refractivity contribution is 1.57. The molecule has 3 heteroatoms. The second-order valence-corrected chi connectivity index (χ2v) is 8.65. The third-order valence-electron chi connectivity index (χ3n) is 3.28. The highest BCUT2D eigenvalue weighted by atomic mass is 32.1. The lowest BCUT2D eigenvalue weighted by Gasteiger charge is -2.03. The van der Waals surface area contributed by atoms with Gasteiger partial charge in [0.15, 0.2) is 0 Å². The van der Waals surface area contributed by atoms with E-state index in [9.17, 15) is 0 Å². The smallest absolute Gasteiger partial charge is 0.0432 e. The Labute approximate surface area is 126 Å². The highest BCUT2D eigenvalue weighted by Gasteiger charge is 2.15. The van der Waals surface area contributed by atoms with E-state index in [0.717, 1.165) is 0 Å². The third-order valence-corrected chi connectivity index (χ3v) is 6.16. The van der Waals surface area contributed by atoms with E-state index >= 15 is 0 Å². The summed E-state index contributed by atoms with van der Waals surface area (Å²) < 4.78 is 0. The SMILES string of the molecule is Cc1cc(-c2ccsc2-c2cc(C)sc2C)c(C)s1. The third kappa shape index (κ3) is 2.31. The molecule has 0 fully saturated rings. The van der Waals surface area contributed by atoms with Crippen molar-refractivity contribution in [2.45, 2.75) is 27.7 Å². The van der Waals surface area contributed by atoms with E-state index in [1.165, 1.54) is 41.1 Å². The van der Waals surface area contributed by atoms with Gasteiger partial charge in [0.05, 0.1) is 0 Å². The Hall–Kier alpha value is -0.900. The van der Waals surface area contributed by atoms with Crippen LogP contribution in [0.4, 0.5) is 0 Å². The predicted molar refractivity (Wildman–Crippen MR) is 89.9 cm³/mol. The fourth-order valence-electron chi connectivity index (χ4n) is 2.48. The maximum absolute atomic E-state index is 2.32. The zero-order valence-electron chi connectivity index (χ0n) is 11.5. The molecule has 0 aliphatic heterocycles. The lowest BCUT2D eigenvalue weighted by Crippen LogP contribution is -1.78. The second kappa shape index (κ2) is 4.89. The molecular formula is C16H16S3. The van der Waals surface area contributed by atoms with E-state index in [1.807, 2.05) is 34.0 Å². The lowest BCUT2D eigenvalue weighted by atomic mass is 10.0. The van der Waals surface area contributed by atoms with Crippen molar-refractivity contribution in [2.75, 3.05) is 0 Å². The van der Waals surface area contributed by atoms with E-state index < -0.39 is 0 Å². The van der Waals surface area contributed by atoms with Gasteiger partial charge in [-0.15, -0.1) is 34.0 Å². The van der Waals surface area contributed by atoms with Gasteiger partial charge >= 0.3 is 0 Å². The Morgan fingerprint density at radius 1 is 0.737 bits per heavy atom. The first-order valence-electron chi connectivity index (χ1n) is 6.28. The first-order chi connectivity index (χ1) is 9.06. The normalized spacial score (nSPS) is 11.2. The van der Waals surface area contributed by atoms with E-state index in [4.69, 9.17) is 0 Å². The molecule has 0 bridgehead atoms. The van der Waals surface area contributed by atoms with E-state index in [1.54, 1.807) is 0 Å². The molecule has 0 aromatic carbocycles. The summed E-state index contributed by atoms with van der Waals surface area (Å²) >= 11 is 5.63. The van der Waals surface area contributed by atoms with E-state index in [-0.39, 0.29) is 0 Å². The molecule has 3 heterocycles. The van der Waals surface area contributed by atoms with Gasteiger partial charge in [0.2, 0.25) is 0 Å². The summed E-state index contributed by atoms with van der Waals surface area (Å²) in [6.07, 6.45) is 0. The molecule has 0 nitrogen and oxygen atoms in total. The Morgan fingerprint density at radius 3 is 1.84 bits per heavy atom. The molecule has 0 atom stereocenters. The van der Waals surface area contributed by atoms with Crippen molar-refractivity contribution in [3.8, 4) is 21.6 Å². The zero-order valence-corrected chi connectivity index (χ0v) is 14.0. The molecule has 0 N–H and O–H groups in total. The van der Waals surface area contributed by atoms with Crippen LogP contribution in [0.25, 0.3) is 21.6 Å². The van der Waals surface area contributed by atoms with Crippen LogP contribution in [-0.2, 0) is 0 Å². The van der Waals surface area contributed by atoms with Crippen LogP contribution in [0.15, 0.2) is 23.6 Å². The van der Waals surface area contributed by atoms with Gasteiger partial charge in [-0.3, -0.25) is 0 Å². The first-order valence-corrected chi connectivity index (χ1v) is 8.80. The van der Waals surface area contributed by atoms with Crippen molar-refractivity contribution in [3.05, 3.63) is 43.1 Å². The predicted octanol–water partition coefficient (Wildman–Crippen LogP) is 6.44. The Balaban J connectivity index is 2.18. The number of hydrogen-bond acceptors (Lipinski definition) is 3. The van der Waals surface area contributed by atoms with Gasteiger partial charge in [-0.1, -0.05) is 0 Å². The van der Waals surface area contributed by atoms with Gasteiger partial charge in [-0.2, -0.15) is 0 Å². The number of aryl methyl sites for hydroxylation is 4. The summed E-state index contributed by atoms with van der Waals surface area (Å²) in [6.45, 7) is 8.82. The summed E-state index contributed by atoms with van der Waals surface area (Å²) in [4.78, 5) is 7.04. The van der Waals surface area contributed by atoms with Gasteiger partial charge in [-0.25, -0.2) is 0 Å². The van der Waals surface area contributed by atoms with Crippen molar-refractivity contribution >= 4 is 34.0 Å². The molecule has 0 aliphatic carbocycles. The van der Waals surface area contributed by atoms with Crippen LogP contribution >= 0.6 is 34.0 Å². The quantitative estimate of drug-likeness (QED) is 0.511. The summed E-state index contributed by atoms with van der Waals surface area (Å²) in [7, 11) is 0. The van der Waals surface area contributed by atoms with Crippen LogP contribution in [0.5, 0.6) is 0 Å². The van der Waals surface area contributed by atoms with Crippen molar-refractivity contribution < 1.29 is 0 Å². The van der Waals surface area contributed by atoms with Crippen molar-refractivity contribution in [3.63, 3.8) is 0 Å². The monoisotopic (exact) mass is 304 g/mol. The molecule has 0 amide bonds. The molecule has 19 heavy (non-hydrogen) atoms. The Bertz CT molecular complexity index is 664. The molecule has 3 aromatic heterocycles. The van der Waals surface area contributed by atoms with Gasteiger partial charge in [0.1, 0.15) is 0 Å². The molecule has 98 valence electrons. The van der Waals surface area contributed by atoms with Crippen molar-refractivity contribution in [1.29, 1.82) is 0 Å². The van der Waals surface area contributed by atoms with Gasteiger partial charge in [-0.05, 0) is 56.8 Å². The van der Waals surface area contributed by atoms with Crippen LogP contribution in [0.1, 0.15) is 19.5 Å². The summed E-state index contributed by atoms with van der Waals surface area (Å²) in [5.41, 5.74) is 4.21. The molecule has 0 aliphatic rings. The minimum Gasteiger partial charge on any atom is -0.145 e. The number of hydrogen-bond donors (Lipinski definition) is 0. The summed E-state index contributed by atoms with van der Waals surface area (Å²) in [6, 6.07) is 6.91. The highest BCUT2D eigenvalue weighted by molar-refractivity contribution is 7.16. The minimum atomic E-state index is 1.39. The molecule has 0 unspecified atom stereocenters.